The maximum Gasteiger partial charge on any atom is 0.261 e. The Morgan fingerprint density at radius 1 is 1.30 bits per heavy atom. The third kappa shape index (κ3) is 2.78. The predicted molar refractivity (Wildman–Crippen MR) is 110 cm³/mol. The van der Waals surface area contributed by atoms with E-state index in [1.54, 1.807) is 11.3 Å². The number of fused-ring (bicyclic) bond motifs is 3. The molecule has 3 aliphatic heterocycles. The summed E-state index contributed by atoms with van der Waals surface area (Å²) < 4.78 is 7.14. The fraction of sp³-hybridized carbons (Fsp3) is 0.591. The van der Waals surface area contributed by atoms with E-state index in [4.69, 9.17) is 4.74 Å². The number of nitrogens with zero attached hydrogens (tertiary/aromatic N) is 1. The molecular weight excluding hydrogens is 356 g/mol. The third-order valence-corrected chi connectivity index (χ3v) is 7.83. The molecule has 0 unspecified atom stereocenters. The van der Waals surface area contributed by atoms with E-state index in [0.29, 0.717) is 12.0 Å². The first-order valence-corrected chi connectivity index (χ1v) is 11.1. The molecule has 2 aromatic rings. The van der Waals surface area contributed by atoms with Gasteiger partial charge in [-0.3, -0.25) is 9.69 Å². The standard InChI is InChI=1S/C22H28N2O2S/c1-13(2)26-18-14(3)4-5-16-12-17(27-19(16)18)21(25)23-20-15-6-10-24(11-7-15)22(20)8-9-22/h4-5,12-13,15,20H,6-11H2,1-3H3,(H,23,25)/t20-/m1/s1. The van der Waals surface area contributed by atoms with Gasteiger partial charge >= 0.3 is 0 Å². The Morgan fingerprint density at radius 2 is 2.04 bits per heavy atom. The average molecular weight is 385 g/mol. The van der Waals surface area contributed by atoms with Crippen molar-refractivity contribution in [1.82, 2.24) is 10.2 Å². The van der Waals surface area contributed by atoms with E-state index in [1.165, 1.54) is 38.8 Å². The number of ether oxygens (including phenoxy) is 1. The second kappa shape index (κ2) is 6.21. The van der Waals surface area contributed by atoms with Crippen LogP contribution < -0.4 is 10.1 Å². The lowest BCUT2D eigenvalue weighted by molar-refractivity contribution is -0.00138. The molecule has 5 heteroatoms. The molecule has 1 aromatic heterocycles. The minimum atomic E-state index is 0.0920. The van der Waals surface area contributed by atoms with Crippen LogP contribution >= 0.6 is 11.3 Å². The van der Waals surface area contributed by atoms with Gasteiger partial charge in [0, 0.05) is 5.54 Å². The summed E-state index contributed by atoms with van der Waals surface area (Å²) in [5.74, 6) is 1.67. The molecule has 1 aromatic carbocycles. The van der Waals surface area contributed by atoms with Crippen molar-refractivity contribution >= 4 is 27.3 Å². The van der Waals surface area contributed by atoms with Gasteiger partial charge in [-0.05, 0) is 82.5 Å². The van der Waals surface area contributed by atoms with Crippen LogP contribution in [0.2, 0.25) is 0 Å². The predicted octanol–water partition coefficient (Wildman–Crippen LogP) is 4.35. The molecule has 2 bridgehead atoms. The SMILES string of the molecule is Cc1ccc2cc(C(=O)N[C@@H]3C4CCN(CC4)C34CC4)sc2c1OC(C)C. The number of nitrogens with one attached hydrogen (secondary N) is 1. The lowest BCUT2D eigenvalue weighted by Gasteiger charge is -2.52. The molecule has 0 radical (unpaired) electrons. The smallest absolute Gasteiger partial charge is 0.261 e. The van der Waals surface area contributed by atoms with Crippen LogP contribution in [0.5, 0.6) is 5.75 Å². The number of hydrogen-bond donors (Lipinski definition) is 1. The third-order valence-electron chi connectivity index (χ3n) is 6.68. The van der Waals surface area contributed by atoms with Gasteiger partial charge in [0.2, 0.25) is 0 Å². The Kier molecular flexibility index (Phi) is 4.03. The zero-order valence-electron chi connectivity index (χ0n) is 16.4. The number of amides is 1. The number of aryl methyl sites for hydroxylation is 1. The monoisotopic (exact) mass is 384 g/mol. The normalized spacial score (nSPS) is 28.1. The number of carbonyl (C=O) groups excluding carboxylic acids is 1. The lowest BCUT2D eigenvalue weighted by atomic mass is 9.77. The average Bonchev–Trinajstić information content (AvgIpc) is 3.30. The molecule has 1 amide bonds. The van der Waals surface area contributed by atoms with E-state index in [2.05, 4.69) is 29.3 Å². The number of piperidine rings is 3. The van der Waals surface area contributed by atoms with Crippen molar-refractivity contribution in [2.45, 2.75) is 64.1 Å². The molecule has 4 nitrogen and oxygen atoms in total. The van der Waals surface area contributed by atoms with Gasteiger partial charge in [0.25, 0.3) is 5.91 Å². The Balaban J connectivity index is 1.43. The number of hydrogen-bond acceptors (Lipinski definition) is 4. The van der Waals surface area contributed by atoms with Crippen molar-refractivity contribution in [3.63, 3.8) is 0 Å². The van der Waals surface area contributed by atoms with Crippen LogP contribution in [0.3, 0.4) is 0 Å². The van der Waals surface area contributed by atoms with Gasteiger partial charge in [0.1, 0.15) is 5.75 Å². The summed E-state index contributed by atoms with van der Waals surface area (Å²) in [7, 11) is 0. The Morgan fingerprint density at radius 3 is 2.70 bits per heavy atom. The molecule has 1 atom stereocenters. The van der Waals surface area contributed by atoms with E-state index in [1.807, 2.05) is 19.9 Å². The van der Waals surface area contributed by atoms with Gasteiger partial charge in [-0.1, -0.05) is 12.1 Å². The van der Waals surface area contributed by atoms with E-state index < -0.39 is 0 Å². The molecule has 27 heavy (non-hydrogen) atoms. The fourth-order valence-corrected chi connectivity index (χ4v) is 6.31. The van der Waals surface area contributed by atoms with Gasteiger partial charge in [0.15, 0.2) is 0 Å². The summed E-state index contributed by atoms with van der Waals surface area (Å²) in [6, 6.07) is 6.54. The zero-order chi connectivity index (χ0) is 18.8. The highest BCUT2D eigenvalue weighted by molar-refractivity contribution is 7.21. The topological polar surface area (TPSA) is 41.6 Å². The summed E-state index contributed by atoms with van der Waals surface area (Å²) in [6.07, 6.45) is 5.06. The lowest BCUT2D eigenvalue weighted by Crippen LogP contribution is -2.65. The van der Waals surface area contributed by atoms with Crippen molar-refractivity contribution in [1.29, 1.82) is 0 Å². The van der Waals surface area contributed by atoms with Gasteiger partial charge in [-0.25, -0.2) is 0 Å². The largest absolute Gasteiger partial charge is 0.489 e. The molecule has 1 spiro atoms. The molecule has 3 saturated heterocycles. The van der Waals surface area contributed by atoms with Gasteiger partial charge in [-0.2, -0.15) is 0 Å². The zero-order valence-corrected chi connectivity index (χ0v) is 17.2. The summed E-state index contributed by atoms with van der Waals surface area (Å²) in [4.78, 5) is 16.6. The van der Waals surface area contributed by atoms with E-state index in [-0.39, 0.29) is 17.6 Å². The van der Waals surface area contributed by atoms with Crippen molar-refractivity contribution in [2.24, 2.45) is 5.92 Å². The summed E-state index contributed by atoms with van der Waals surface area (Å²) in [5, 5.41) is 4.54. The quantitative estimate of drug-likeness (QED) is 0.852. The first-order valence-electron chi connectivity index (χ1n) is 10.2. The highest BCUT2D eigenvalue weighted by Gasteiger charge is 2.60. The molecule has 6 rings (SSSR count). The second-order valence-corrected chi connectivity index (χ2v) is 9.84. The van der Waals surface area contributed by atoms with Gasteiger partial charge in [-0.15, -0.1) is 11.3 Å². The van der Waals surface area contributed by atoms with E-state index in [0.717, 1.165) is 26.3 Å². The molecular formula is C22H28N2O2S. The van der Waals surface area contributed by atoms with Crippen molar-refractivity contribution in [3.05, 3.63) is 28.6 Å². The van der Waals surface area contributed by atoms with E-state index in [9.17, 15) is 4.79 Å². The molecule has 4 fully saturated rings. The number of benzene rings is 1. The number of carbonyl (C=O) groups is 1. The maximum atomic E-state index is 13.1. The van der Waals surface area contributed by atoms with Crippen molar-refractivity contribution in [2.75, 3.05) is 13.1 Å². The maximum absolute atomic E-state index is 13.1. The van der Waals surface area contributed by atoms with Crippen LogP contribution in [0, 0.1) is 12.8 Å². The highest BCUT2D eigenvalue weighted by atomic mass is 32.1. The Labute approximate surface area is 164 Å². The summed E-state index contributed by atoms with van der Waals surface area (Å²) in [6.45, 7) is 8.59. The van der Waals surface area contributed by atoms with Crippen molar-refractivity contribution < 1.29 is 9.53 Å². The molecule has 4 aliphatic rings. The van der Waals surface area contributed by atoms with Crippen LogP contribution in [-0.2, 0) is 0 Å². The van der Waals surface area contributed by atoms with Crippen LogP contribution in [0.15, 0.2) is 18.2 Å². The van der Waals surface area contributed by atoms with Crippen LogP contribution in [0.4, 0.5) is 0 Å². The molecule has 4 heterocycles. The van der Waals surface area contributed by atoms with Crippen molar-refractivity contribution in [3.8, 4) is 5.75 Å². The van der Waals surface area contributed by atoms with E-state index >= 15 is 0 Å². The Hall–Kier alpha value is -1.59. The summed E-state index contributed by atoms with van der Waals surface area (Å²) >= 11 is 1.57. The van der Waals surface area contributed by atoms with Gasteiger partial charge in [0.05, 0.1) is 21.7 Å². The summed E-state index contributed by atoms with van der Waals surface area (Å²) in [5.41, 5.74) is 1.40. The van der Waals surface area contributed by atoms with Crippen LogP contribution in [0.1, 0.15) is 54.8 Å². The number of thiophene rings is 1. The van der Waals surface area contributed by atoms with Crippen LogP contribution in [0.25, 0.3) is 10.1 Å². The molecule has 1 N–H and O–H groups in total. The minimum Gasteiger partial charge on any atom is -0.489 e. The molecule has 1 saturated carbocycles. The highest BCUT2D eigenvalue weighted by Crippen LogP contribution is 2.53. The minimum absolute atomic E-state index is 0.0920. The molecule has 144 valence electrons. The second-order valence-electron chi connectivity index (χ2n) is 8.79. The molecule has 1 aliphatic carbocycles. The number of rotatable bonds is 4. The fourth-order valence-electron chi connectivity index (χ4n) is 5.20. The Bertz CT molecular complexity index is 891. The van der Waals surface area contributed by atoms with Crippen LogP contribution in [-0.4, -0.2) is 41.6 Å². The van der Waals surface area contributed by atoms with Gasteiger partial charge < -0.3 is 10.1 Å². The first-order chi connectivity index (χ1) is 13.0. The first kappa shape index (κ1) is 17.5.